The molecule has 21 heavy (non-hydrogen) atoms. The molecule has 3 aromatic rings. The zero-order chi connectivity index (χ0) is 14.7. The third-order valence-corrected chi connectivity index (χ3v) is 4.41. The zero-order valence-corrected chi connectivity index (χ0v) is 13.3. The van der Waals surface area contributed by atoms with Gasteiger partial charge in [-0.25, -0.2) is 4.68 Å². The van der Waals surface area contributed by atoms with Crippen molar-refractivity contribution in [2.24, 2.45) is 7.05 Å². The molecule has 0 aliphatic rings. The van der Waals surface area contributed by atoms with Crippen LogP contribution in [-0.2, 0) is 20.3 Å². The molecule has 0 unspecified atom stereocenters. The van der Waals surface area contributed by atoms with Crippen molar-refractivity contribution in [2.75, 3.05) is 0 Å². The quantitative estimate of drug-likeness (QED) is 0.698. The predicted molar refractivity (Wildman–Crippen MR) is 80.8 cm³/mol. The highest BCUT2D eigenvalue weighted by molar-refractivity contribution is 7.09. The summed E-state index contributed by atoms with van der Waals surface area (Å²) in [7, 11) is 1.78. The van der Waals surface area contributed by atoms with Crippen molar-refractivity contribution in [2.45, 2.75) is 20.1 Å². The number of aromatic nitrogens is 4. The molecular formula is C13H14N4O2S2. The number of hydrogen-bond donors (Lipinski definition) is 0. The Morgan fingerprint density at radius 3 is 2.81 bits per heavy atom. The van der Waals surface area contributed by atoms with Crippen molar-refractivity contribution >= 4 is 22.9 Å². The minimum atomic E-state index is 0.409. The van der Waals surface area contributed by atoms with E-state index < -0.39 is 0 Å². The van der Waals surface area contributed by atoms with Crippen LogP contribution in [0.25, 0.3) is 0 Å². The van der Waals surface area contributed by atoms with Gasteiger partial charge in [-0.3, -0.25) is 0 Å². The van der Waals surface area contributed by atoms with E-state index in [1.807, 2.05) is 30.5 Å². The monoisotopic (exact) mass is 322 g/mol. The van der Waals surface area contributed by atoms with E-state index in [0.717, 1.165) is 15.4 Å². The number of ether oxygens (including phenoxy) is 2. The number of hydrogen-bond acceptors (Lipinski definition) is 7. The van der Waals surface area contributed by atoms with Crippen molar-refractivity contribution < 1.29 is 9.47 Å². The Bertz CT molecular complexity index is 706. The molecule has 0 N–H and O–H groups in total. The van der Waals surface area contributed by atoms with E-state index in [1.165, 1.54) is 11.5 Å². The average Bonchev–Trinajstić information content (AvgIpc) is 3.17. The number of nitrogens with zero attached hydrogens (tertiary/aromatic N) is 4. The molecule has 6 nitrogen and oxygen atoms in total. The summed E-state index contributed by atoms with van der Waals surface area (Å²) in [5.41, 5.74) is 0.996. The molecule has 0 atom stereocenters. The fourth-order valence-corrected chi connectivity index (χ4v) is 3.00. The van der Waals surface area contributed by atoms with E-state index in [9.17, 15) is 0 Å². The normalized spacial score (nSPS) is 10.8. The molecule has 0 aromatic carbocycles. The van der Waals surface area contributed by atoms with Crippen molar-refractivity contribution in [1.29, 1.82) is 0 Å². The summed E-state index contributed by atoms with van der Waals surface area (Å²) in [4.78, 5) is 2.18. The fourth-order valence-electron chi connectivity index (χ4n) is 1.73. The molecule has 8 heteroatoms. The first-order valence-electron chi connectivity index (χ1n) is 6.32. The van der Waals surface area contributed by atoms with Crippen LogP contribution in [0.3, 0.4) is 0 Å². The maximum absolute atomic E-state index is 5.76. The summed E-state index contributed by atoms with van der Waals surface area (Å²) in [6, 6.07) is 6.01. The Morgan fingerprint density at radius 1 is 1.24 bits per heavy atom. The highest BCUT2D eigenvalue weighted by Gasteiger charge is 2.15. The molecule has 0 amide bonds. The first kappa shape index (κ1) is 14.0. The van der Waals surface area contributed by atoms with Gasteiger partial charge in [0.2, 0.25) is 0 Å². The molecule has 3 heterocycles. The van der Waals surface area contributed by atoms with Crippen LogP contribution in [0, 0.1) is 6.92 Å². The van der Waals surface area contributed by atoms with Crippen molar-refractivity contribution in [3.05, 3.63) is 39.0 Å². The number of thiophene rings is 1. The first-order chi connectivity index (χ1) is 10.2. The maximum Gasteiger partial charge on any atom is 0.298 e. The molecule has 3 rings (SSSR count). The molecular weight excluding hydrogens is 308 g/mol. The molecule has 0 spiro atoms. The Balaban J connectivity index is 1.65. The second-order valence-corrected chi connectivity index (χ2v) is 6.34. The Labute approximate surface area is 130 Å². The molecule has 0 fully saturated rings. The van der Waals surface area contributed by atoms with Crippen molar-refractivity contribution in [1.82, 2.24) is 19.4 Å². The highest BCUT2D eigenvalue weighted by atomic mass is 32.1. The van der Waals surface area contributed by atoms with Gasteiger partial charge in [0, 0.05) is 11.9 Å². The lowest BCUT2D eigenvalue weighted by molar-refractivity contribution is 0.241. The third-order valence-electron chi connectivity index (χ3n) is 2.71. The second-order valence-electron chi connectivity index (χ2n) is 4.41. The van der Waals surface area contributed by atoms with E-state index in [2.05, 4.69) is 14.7 Å². The lowest BCUT2D eigenvalue weighted by Gasteiger charge is -2.06. The van der Waals surface area contributed by atoms with Crippen LogP contribution in [0.15, 0.2) is 23.6 Å². The van der Waals surface area contributed by atoms with E-state index in [1.54, 1.807) is 23.1 Å². The van der Waals surface area contributed by atoms with Crippen LogP contribution in [0.4, 0.5) is 0 Å². The summed E-state index contributed by atoms with van der Waals surface area (Å²) < 4.78 is 17.2. The van der Waals surface area contributed by atoms with Gasteiger partial charge in [-0.05, 0) is 36.0 Å². The standard InChI is InChI=1S/C13H14N4O2S2/c1-9-6-11(21-15-9)8-19-13-12(14-16-17(13)2)18-7-10-4-3-5-20-10/h3-6H,7-8H2,1-2H3. The van der Waals surface area contributed by atoms with Crippen LogP contribution >= 0.6 is 22.9 Å². The molecule has 110 valence electrons. The molecule has 0 saturated heterocycles. The van der Waals surface area contributed by atoms with Gasteiger partial charge >= 0.3 is 0 Å². The second kappa shape index (κ2) is 6.23. The van der Waals surface area contributed by atoms with Crippen LogP contribution in [-0.4, -0.2) is 19.4 Å². The van der Waals surface area contributed by atoms with Gasteiger partial charge in [0.05, 0.1) is 10.6 Å². The highest BCUT2D eigenvalue weighted by Crippen LogP contribution is 2.26. The van der Waals surface area contributed by atoms with Gasteiger partial charge in [-0.1, -0.05) is 16.4 Å². The minimum Gasteiger partial charge on any atom is -0.468 e. The van der Waals surface area contributed by atoms with Crippen LogP contribution < -0.4 is 9.47 Å². The van der Waals surface area contributed by atoms with Gasteiger partial charge in [0.1, 0.15) is 13.2 Å². The SMILES string of the molecule is Cc1cc(COc2c(OCc3cccs3)nnn2C)sn1. The Hall–Kier alpha value is -1.93. The molecule has 0 bridgehead atoms. The van der Waals surface area contributed by atoms with Gasteiger partial charge in [-0.2, -0.15) is 4.37 Å². The smallest absolute Gasteiger partial charge is 0.298 e. The fraction of sp³-hybridized carbons (Fsp3) is 0.308. The Morgan fingerprint density at radius 2 is 2.10 bits per heavy atom. The summed E-state index contributed by atoms with van der Waals surface area (Å²) in [6.45, 7) is 2.86. The van der Waals surface area contributed by atoms with Gasteiger partial charge in [0.15, 0.2) is 0 Å². The van der Waals surface area contributed by atoms with Crippen LogP contribution in [0.5, 0.6) is 11.8 Å². The van der Waals surface area contributed by atoms with Crippen LogP contribution in [0.1, 0.15) is 15.4 Å². The first-order valence-corrected chi connectivity index (χ1v) is 7.97. The van der Waals surface area contributed by atoms with Gasteiger partial charge < -0.3 is 9.47 Å². The minimum absolute atomic E-state index is 0.409. The summed E-state index contributed by atoms with van der Waals surface area (Å²) in [5.74, 6) is 0.935. The summed E-state index contributed by atoms with van der Waals surface area (Å²) in [6.07, 6.45) is 0. The van der Waals surface area contributed by atoms with E-state index in [0.29, 0.717) is 25.0 Å². The van der Waals surface area contributed by atoms with Gasteiger partial charge in [-0.15, -0.1) is 11.3 Å². The van der Waals surface area contributed by atoms with E-state index in [-0.39, 0.29) is 0 Å². The molecule has 0 aliphatic carbocycles. The molecule has 0 aliphatic heterocycles. The van der Waals surface area contributed by atoms with Crippen LogP contribution in [0.2, 0.25) is 0 Å². The number of aryl methyl sites for hydroxylation is 2. The predicted octanol–water partition coefficient (Wildman–Crippen LogP) is 2.80. The van der Waals surface area contributed by atoms with Crippen molar-refractivity contribution in [3.63, 3.8) is 0 Å². The maximum atomic E-state index is 5.76. The number of rotatable bonds is 6. The van der Waals surface area contributed by atoms with Crippen molar-refractivity contribution in [3.8, 4) is 11.8 Å². The topological polar surface area (TPSA) is 62.1 Å². The lowest BCUT2D eigenvalue weighted by Crippen LogP contribution is -2.02. The lowest BCUT2D eigenvalue weighted by atomic mass is 10.4. The Kier molecular flexibility index (Phi) is 4.16. The van der Waals surface area contributed by atoms with E-state index >= 15 is 0 Å². The average molecular weight is 322 g/mol. The largest absolute Gasteiger partial charge is 0.468 e. The third kappa shape index (κ3) is 3.40. The van der Waals surface area contributed by atoms with Gasteiger partial charge in [0.25, 0.3) is 11.8 Å². The molecule has 0 saturated carbocycles. The zero-order valence-electron chi connectivity index (χ0n) is 11.6. The summed E-state index contributed by atoms with van der Waals surface area (Å²) >= 11 is 3.07. The molecule has 3 aromatic heterocycles. The van der Waals surface area contributed by atoms with E-state index in [4.69, 9.17) is 9.47 Å². The summed E-state index contributed by atoms with van der Waals surface area (Å²) in [5, 5.41) is 9.95. The molecule has 0 radical (unpaired) electrons.